The molecule has 1 heteroatoms. The molecule has 0 bridgehead atoms. The van der Waals surface area contributed by atoms with Crippen molar-refractivity contribution < 1.29 is 0 Å². The Bertz CT molecular complexity index is 197. The van der Waals surface area contributed by atoms with Gasteiger partial charge < -0.3 is 4.90 Å². The first kappa shape index (κ1) is 13.4. The molecule has 0 atom stereocenters. The summed E-state index contributed by atoms with van der Waals surface area (Å²) in [5, 5.41) is 0. The molecule has 0 fully saturated rings. The van der Waals surface area contributed by atoms with Crippen LogP contribution in [0.5, 0.6) is 0 Å². The summed E-state index contributed by atoms with van der Waals surface area (Å²) >= 11 is 0. The zero-order valence-corrected chi connectivity index (χ0v) is 10.5. The van der Waals surface area contributed by atoms with E-state index in [-0.39, 0.29) is 0 Å². The molecule has 0 unspecified atom stereocenters. The maximum Gasteiger partial charge on any atom is 0.0224 e. The van der Waals surface area contributed by atoms with Crippen molar-refractivity contribution in [1.29, 1.82) is 0 Å². The summed E-state index contributed by atoms with van der Waals surface area (Å²) in [7, 11) is 4.22. The number of hydrogen-bond donors (Lipinski definition) is 0. The number of nitrogens with zero attached hydrogens (tertiary/aromatic N) is 1. The maximum atomic E-state index is 2.33. The van der Waals surface area contributed by atoms with Crippen LogP contribution in [0.2, 0.25) is 0 Å². The molecular formula is C13H25N. The molecular weight excluding hydrogens is 170 g/mol. The van der Waals surface area contributed by atoms with Crippen LogP contribution in [0.3, 0.4) is 0 Å². The Balaban J connectivity index is 4.40. The summed E-state index contributed by atoms with van der Waals surface area (Å²) in [5.74, 6) is 1.26. The minimum atomic E-state index is 0.627. The van der Waals surface area contributed by atoms with E-state index in [0.717, 1.165) is 6.54 Å². The highest BCUT2D eigenvalue weighted by Crippen LogP contribution is 2.07. The van der Waals surface area contributed by atoms with Crippen molar-refractivity contribution in [2.75, 3.05) is 20.6 Å². The van der Waals surface area contributed by atoms with E-state index in [1.807, 2.05) is 0 Å². The minimum Gasteiger partial charge on any atom is -0.305 e. The molecule has 82 valence electrons. The van der Waals surface area contributed by atoms with Crippen LogP contribution in [0, 0.1) is 11.8 Å². The molecule has 0 radical (unpaired) electrons. The average Bonchev–Trinajstić information content (AvgIpc) is 1.97. The Morgan fingerprint density at radius 1 is 1.07 bits per heavy atom. The van der Waals surface area contributed by atoms with Gasteiger partial charge in [-0.2, -0.15) is 0 Å². The van der Waals surface area contributed by atoms with Crippen molar-refractivity contribution in [2.45, 2.75) is 27.7 Å². The zero-order valence-electron chi connectivity index (χ0n) is 10.5. The van der Waals surface area contributed by atoms with Crippen molar-refractivity contribution in [2.24, 2.45) is 11.8 Å². The lowest BCUT2D eigenvalue weighted by atomic mass is 10.1. The molecule has 0 saturated heterocycles. The second-order valence-corrected chi connectivity index (χ2v) is 4.83. The maximum absolute atomic E-state index is 2.33. The van der Waals surface area contributed by atoms with E-state index in [4.69, 9.17) is 0 Å². The lowest BCUT2D eigenvalue weighted by molar-refractivity contribution is 0.447. The molecule has 0 saturated carbocycles. The Kier molecular flexibility index (Phi) is 6.56. The van der Waals surface area contributed by atoms with Gasteiger partial charge in [0, 0.05) is 6.54 Å². The topological polar surface area (TPSA) is 3.24 Å². The van der Waals surface area contributed by atoms with Crippen LogP contribution in [0.1, 0.15) is 27.7 Å². The smallest absolute Gasteiger partial charge is 0.0224 e. The normalized spacial score (nSPS) is 13.9. The van der Waals surface area contributed by atoms with Gasteiger partial charge >= 0.3 is 0 Å². The first-order valence-corrected chi connectivity index (χ1v) is 5.45. The third-order valence-corrected chi connectivity index (χ3v) is 1.74. The monoisotopic (exact) mass is 195 g/mol. The summed E-state index contributed by atoms with van der Waals surface area (Å²) in [4.78, 5) is 2.21. The van der Waals surface area contributed by atoms with Gasteiger partial charge in [-0.3, -0.25) is 0 Å². The fourth-order valence-corrected chi connectivity index (χ4v) is 1.27. The standard InChI is InChI=1S/C13H25N/c1-11(2)7-8-13(9-12(3)4)10-14(5)6/h7-9,11-12H,10H2,1-6H3/b8-7-,13-9+. The van der Waals surface area contributed by atoms with E-state index in [0.29, 0.717) is 11.8 Å². The fourth-order valence-electron chi connectivity index (χ4n) is 1.27. The number of likely N-dealkylation sites (N-methyl/N-ethyl adjacent to an activating group) is 1. The predicted octanol–water partition coefficient (Wildman–Crippen LogP) is 3.34. The second-order valence-electron chi connectivity index (χ2n) is 4.83. The summed E-state index contributed by atoms with van der Waals surface area (Å²) < 4.78 is 0. The molecule has 0 heterocycles. The van der Waals surface area contributed by atoms with E-state index in [9.17, 15) is 0 Å². The zero-order chi connectivity index (χ0) is 11.1. The predicted molar refractivity (Wildman–Crippen MR) is 65.5 cm³/mol. The lowest BCUT2D eigenvalue weighted by Crippen LogP contribution is -2.14. The van der Waals surface area contributed by atoms with Crippen LogP contribution in [0.25, 0.3) is 0 Å². The molecule has 14 heavy (non-hydrogen) atoms. The summed E-state index contributed by atoms with van der Waals surface area (Å²) in [6.07, 6.45) is 6.85. The van der Waals surface area contributed by atoms with Gasteiger partial charge in [-0.05, 0) is 31.5 Å². The van der Waals surface area contributed by atoms with E-state index in [1.54, 1.807) is 0 Å². The van der Waals surface area contributed by atoms with Crippen LogP contribution in [-0.2, 0) is 0 Å². The molecule has 0 aliphatic carbocycles. The van der Waals surface area contributed by atoms with Gasteiger partial charge in [0.25, 0.3) is 0 Å². The van der Waals surface area contributed by atoms with Gasteiger partial charge in [-0.25, -0.2) is 0 Å². The lowest BCUT2D eigenvalue weighted by Gasteiger charge is -2.12. The SMILES string of the molecule is CC(C)/C=C\C(=C/C(C)C)CN(C)C. The van der Waals surface area contributed by atoms with Crippen molar-refractivity contribution in [1.82, 2.24) is 4.90 Å². The number of rotatable bonds is 5. The third-order valence-electron chi connectivity index (χ3n) is 1.74. The van der Waals surface area contributed by atoms with Crippen LogP contribution < -0.4 is 0 Å². The third kappa shape index (κ3) is 8.06. The van der Waals surface area contributed by atoms with Gasteiger partial charge in [0.05, 0.1) is 0 Å². The Morgan fingerprint density at radius 3 is 2.00 bits per heavy atom. The van der Waals surface area contributed by atoms with Crippen molar-refractivity contribution in [3.8, 4) is 0 Å². The molecule has 0 amide bonds. The fraction of sp³-hybridized carbons (Fsp3) is 0.692. The molecule has 0 aromatic heterocycles. The van der Waals surface area contributed by atoms with Gasteiger partial charge in [0.1, 0.15) is 0 Å². The van der Waals surface area contributed by atoms with Gasteiger partial charge in [-0.15, -0.1) is 0 Å². The van der Waals surface area contributed by atoms with Crippen LogP contribution in [-0.4, -0.2) is 25.5 Å². The average molecular weight is 195 g/mol. The van der Waals surface area contributed by atoms with Crippen molar-refractivity contribution >= 4 is 0 Å². The molecule has 0 N–H and O–H groups in total. The summed E-state index contributed by atoms with van der Waals surface area (Å²) in [6, 6.07) is 0. The molecule has 1 nitrogen and oxygen atoms in total. The van der Waals surface area contributed by atoms with Gasteiger partial charge in [-0.1, -0.05) is 45.9 Å². The molecule has 0 aliphatic heterocycles. The van der Waals surface area contributed by atoms with E-state index < -0.39 is 0 Å². The molecule has 0 spiro atoms. The van der Waals surface area contributed by atoms with E-state index in [2.05, 4.69) is 64.9 Å². The number of allylic oxidation sites excluding steroid dienone is 2. The summed E-state index contributed by atoms with van der Waals surface area (Å²) in [5.41, 5.74) is 1.42. The van der Waals surface area contributed by atoms with Crippen LogP contribution in [0.15, 0.2) is 23.8 Å². The summed E-state index contributed by atoms with van der Waals surface area (Å²) in [6.45, 7) is 9.89. The quantitative estimate of drug-likeness (QED) is 0.608. The Labute approximate surface area is 89.5 Å². The highest BCUT2D eigenvalue weighted by Gasteiger charge is 1.97. The Hall–Kier alpha value is -0.560. The highest BCUT2D eigenvalue weighted by molar-refractivity contribution is 5.21. The first-order valence-electron chi connectivity index (χ1n) is 5.45. The molecule has 0 aliphatic rings. The largest absolute Gasteiger partial charge is 0.305 e. The van der Waals surface area contributed by atoms with E-state index >= 15 is 0 Å². The molecule has 0 aromatic carbocycles. The van der Waals surface area contributed by atoms with Crippen LogP contribution >= 0.6 is 0 Å². The first-order chi connectivity index (χ1) is 6.41. The van der Waals surface area contributed by atoms with Gasteiger partial charge in [0.2, 0.25) is 0 Å². The molecule has 0 aromatic rings. The van der Waals surface area contributed by atoms with Crippen molar-refractivity contribution in [3.63, 3.8) is 0 Å². The van der Waals surface area contributed by atoms with E-state index in [1.165, 1.54) is 5.57 Å². The Morgan fingerprint density at radius 2 is 1.64 bits per heavy atom. The van der Waals surface area contributed by atoms with Gasteiger partial charge in [0.15, 0.2) is 0 Å². The highest BCUT2D eigenvalue weighted by atomic mass is 15.0. The van der Waals surface area contributed by atoms with Crippen LogP contribution in [0.4, 0.5) is 0 Å². The number of hydrogen-bond acceptors (Lipinski definition) is 1. The minimum absolute atomic E-state index is 0.627. The second kappa shape index (κ2) is 6.83. The van der Waals surface area contributed by atoms with Crippen molar-refractivity contribution in [3.05, 3.63) is 23.8 Å². The molecule has 0 rings (SSSR count).